The van der Waals surface area contributed by atoms with Crippen molar-refractivity contribution in [1.82, 2.24) is 0 Å². The van der Waals surface area contributed by atoms with Crippen molar-refractivity contribution in [3.05, 3.63) is 271 Å². The molecule has 0 saturated carbocycles. The molecule has 0 amide bonds. The molecule has 3 heteroatoms. The minimum atomic E-state index is 0.239. The molecule has 3 nitrogen and oxygen atoms in total. The molecule has 2 unspecified atom stereocenters. The van der Waals surface area contributed by atoms with Gasteiger partial charge in [0.15, 0.2) is 0 Å². The van der Waals surface area contributed by atoms with Crippen molar-refractivity contribution < 1.29 is 4.42 Å². The van der Waals surface area contributed by atoms with E-state index in [0.717, 1.165) is 46.5 Å². The van der Waals surface area contributed by atoms with Gasteiger partial charge in [-0.15, -0.1) is 0 Å². The maximum Gasteiger partial charge on any atom is 0.138 e. The van der Waals surface area contributed by atoms with E-state index >= 15 is 0 Å². The highest BCUT2D eigenvalue weighted by atomic mass is 16.3. The Morgan fingerprint density at radius 2 is 1.07 bits per heavy atom. The molecule has 0 radical (unpaired) electrons. The molecule has 14 rings (SSSR count). The maximum atomic E-state index is 6.54. The summed E-state index contributed by atoms with van der Waals surface area (Å²) in [6.45, 7) is 0. The van der Waals surface area contributed by atoms with Gasteiger partial charge in [-0.25, -0.2) is 0 Å². The van der Waals surface area contributed by atoms with E-state index in [1.54, 1.807) is 0 Å². The molecule has 1 aromatic heterocycles. The van der Waals surface area contributed by atoms with Crippen LogP contribution >= 0.6 is 0 Å². The Balaban J connectivity index is 0.844. The van der Waals surface area contributed by atoms with Gasteiger partial charge in [-0.2, -0.15) is 0 Å². The zero-order valence-electron chi connectivity index (χ0n) is 39.1. The highest BCUT2D eigenvalue weighted by Crippen LogP contribution is 2.50. The molecule has 11 aromatic rings. The molecule has 1 aliphatic heterocycles. The summed E-state index contributed by atoms with van der Waals surface area (Å²) < 4.78 is 6.54. The van der Waals surface area contributed by atoms with Gasteiger partial charge < -0.3 is 14.2 Å². The van der Waals surface area contributed by atoms with Crippen LogP contribution in [0.2, 0.25) is 0 Å². The fourth-order valence-electron chi connectivity index (χ4n) is 11.7. The SMILES string of the molecule is C1=CC2c3ccccc3N(c3ccccc3-c3ccc(-c4cccc(N(c5ccc(C6=c7oc8ccccc8c7=CCC6)cc5)c5cccc(-c6ccc7c(ccc8ccccc87)c6)c5)c4)cc3)C2C=C1. The summed E-state index contributed by atoms with van der Waals surface area (Å²) in [5.41, 5.74) is 18.6. The topological polar surface area (TPSA) is 19.6 Å². The van der Waals surface area contributed by atoms with Gasteiger partial charge in [-0.1, -0.05) is 194 Å². The molecule has 0 fully saturated rings. The largest absolute Gasteiger partial charge is 0.456 e. The van der Waals surface area contributed by atoms with Crippen LogP contribution in [0.3, 0.4) is 0 Å². The first-order chi connectivity index (χ1) is 35.2. The number of rotatable bonds is 8. The van der Waals surface area contributed by atoms with E-state index in [1.807, 2.05) is 0 Å². The molecule has 2 aliphatic carbocycles. The van der Waals surface area contributed by atoms with Crippen molar-refractivity contribution in [1.29, 1.82) is 0 Å². The first-order valence-corrected chi connectivity index (χ1v) is 24.9. The second-order valence-corrected chi connectivity index (χ2v) is 19.1. The summed E-state index contributed by atoms with van der Waals surface area (Å²) in [6, 6.07) is 82.6. The standard InChI is InChI=1S/C68H48N2O/c1-2-19-56-46(14-1)34-35-52-42-51(38-41-57(52)56)50-16-12-18-55(44-50)69(53-39-36-48(37-40-53)59-24-13-25-63-62-23-6-10-29-67(62)71-68(59)63)54-17-11-15-49(43-54)45-30-32-47(33-31-45)58-20-3-7-26-64(58)70-65-27-8-4-21-60(65)61-22-5-9-28-66(61)70/h1-12,14-23,25-44,60,65H,13,24H2. The third-order valence-corrected chi connectivity index (χ3v) is 15.1. The maximum absolute atomic E-state index is 6.54. The monoisotopic (exact) mass is 908 g/mol. The molecule has 3 aliphatic rings. The van der Waals surface area contributed by atoms with Crippen molar-refractivity contribution in [3.63, 3.8) is 0 Å². The molecule has 2 heterocycles. The van der Waals surface area contributed by atoms with Crippen LogP contribution in [0.4, 0.5) is 28.4 Å². The number of anilines is 5. The summed E-state index contributed by atoms with van der Waals surface area (Å²) in [4.78, 5) is 4.94. The molecule has 2 atom stereocenters. The van der Waals surface area contributed by atoms with Gasteiger partial charge >= 0.3 is 0 Å². The first kappa shape index (κ1) is 41.1. The molecule has 0 bridgehead atoms. The average Bonchev–Trinajstić information content (AvgIpc) is 4.00. The Hall–Kier alpha value is -8.92. The smallest absolute Gasteiger partial charge is 0.138 e. The highest BCUT2D eigenvalue weighted by Gasteiger charge is 2.38. The Labute approximate surface area is 413 Å². The van der Waals surface area contributed by atoms with Crippen molar-refractivity contribution in [2.45, 2.75) is 24.8 Å². The van der Waals surface area contributed by atoms with E-state index in [2.05, 4.69) is 265 Å². The van der Waals surface area contributed by atoms with E-state index in [4.69, 9.17) is 4.42 Å². The number of allylic oxidation sites excluding steroid dienone is 2. The van der Waals surface area contributed by atoms with Crippen LogP contribution in [-0.4, -0.2) is 6.04 Å². The van der Waals surface area contributed by atoms with Crippen molar-refractivity contribution in [2.75, 3.05) is 9.80 Å². The Morgan fingerprint density at radius 1 is 0.437 bits per heavy atom. The average molecular weight is 909 g/mol. The molecule has 71 heavy (non-hydrogen) atoms. The predicted octanol–water partition coefficient (Wildman–Crippen LogP) is 16.7. The van der Waals surface area contributed by atoms with Crippen LogP contribution in [0.1, 0.15) is 29.9 Å². The van der Waals surface area contributed by atoms with Crippen molar-refractivity contribution in [3.8, 4) is 33.4 Å². The van der Waals surface area contributed by atoms with Crippen molar-refractivity contribution >= 4 is 72.6 Å². The lowest BCUT2D eigenvalue weighted by atomic mass is 9.91. The second-order valence-electron chi connectivity index (χ2n) is 19.1. The van der Waals surface area contributed by atoms with Gasteiger partial charge in [0.05, 0.1) is 6.04 Å². The van der Waals surface area contributed by atoms with Gasteiger partial charge in [-0.3, -0.25) is 0 Å². The minimum Gasteiger partial charge on any atom is -0.456 e. The van der Waals surface area contributed by atoms with E-state index in [1.165, 1.54) is 88.0 Å². The number of benzene rings is 10. The van der Waals surface area contributed by atoms with Crippen LogP contribution in [0, 0.1) is 0 Å². The van der Waals surface area contributed by atoms with Crippen LogP contribution in [0.25, 0.3) is 77.5 Å². The molecule has 0 spiro atoms. The zero-order valence-corrected chi connectivity index (χ0v) is 39.1. The Bertz CT molecular complexity index is 4080. The van der Waals surface area contributed by atoms with Gasteiger partial charge in [0, 0.05) is 56.1 Å². The molecule has 336 valence electrons. The lowest BCUT2D eigenvalue weighted by Crippen LogP contribution is -2.28. The molecule has 0 saturated heterocycles. The van der Waals surface area contributed by atoms with E-state index < -0.39 is 0 Å². The number of fused-ring (bicyclic) bond motifs is 9. The van der Waals surface area contributed by atoms with Crippen molar-refractivity contribution in [2.24, 2.45) is 0 Å². The lowest BCUT2D eigenvalue weighted by Gasteiger charge is -2.30. The minimum absolute atomic E-state index is 0.239. The van der Waals surface area contributed by atoms with E-state index in [-0.39, 0.29) is 6.04 Å². The summed E-state index contributed by atoms with van der Waals surface area (Å²) in [5, 5.41) is 7.44. The summed E-state index contributed by atoms with van der Waals surface area (Å²) in [5.74, 6) is 0.332. The number of hydrogen-bond acceptors (Lipinski definition) is 3. The van der Waals surface area contributed by atoms with Crippen LogP contribution in [-0.2, 0) is 0 Å². The van der Waals surface area contributed by atoms with Gasteiger partial charge in [0.2, 0.25) is 0 Å². The van der Waals surface area contributed by atoms with Gasteiger partial charge in [0.25, 0.3) is 0 Å². The highest BCUT2D eigenvalue weighted by molar-refractivity contribution is 6.08. The third kappa shape index (κ3) is 7.04. The second kappa shape index (κ2) is 16.9. The third-order valence-electron chi connectivity index (χ3n) is 15.1. The number of nitrogens with zero attached hydrogens (tertiary/aromatic N) is 2. The normalized spacial score (nSPS) is 15.7. The zero-order chi connectivity index (χ0) is 46.8. The van der Waals surface area contributed by atoms with Crippen LogP contribution < -0.4 is 20.4 Å². The van der Waals surface area contributed by atoms with Gasteiger partial charge in [0.1, 0.15) is 11.0 Å². The summed E-state index contributed by atoms with van der Waals surface area (Å²) in [6.07, 6.45) is 13.3. The lowest BCUT2D eigenvalue weighted by molar-refractivity contribution is 0.568. The molecular formula is C68H48N2O. The molecule has 0 N–H and O–H groups in total. The fourth-order valence-corrected chi connectivity index (χ4v) is 11.7. The van der Waals surface area contributed by atoms with E-state index in [9.17, 15) is 0 Å². The number of furan rings is 1. The Morgan fingerprint density at radius 3 is 1.92 bits per heavy atom. The predicted molar refractivity (Wildman–Crippen MR) is 298 cm³/mol. The van der Waals surface area contributed by atoms with Crippen LogP contribution in [0.15, 0.2) is 253 Å². The molecule has 10 aromatic carbocycles. The Kier molecular flexibility index (Phi) is 9.80. The number of para-hydroxylation sites is 3. The quantitative estimate of drug-likeness (QED) is 0.142. The molecular weight excluding hydrogens is 861 g/mol. The number of hydrogen-bond donors (Lipinski definition) is 0. The van der Waals surface area contributed by atoms with E-state index in [0.29, 0.717) is 5.92 Å². The summed E-state index contributed by atoms with van der Waals surface area (Å²) in [7, 11) is 0. The fraction of sp³-hybridized carbons (Fsp3) is 0.0588. The first-order valence-electron chi connectivity index (χ1n) is 24.9. The van der Waals surface area contributed by atoms with Gasteiger partial charge in [-0.05, 0) is 134 Å². The van der Waals surface area contributed by atoms with Crippen LogP contribution in [0.5, 0.6) is 0 Å². The summed E-state index contributed by atoms with van der Waals surface area (Å²) >= 11 is 0.